The lowest BCUT2D eigenvalue weighted by atomic mass is 10.1. The molecule has 2 amide bonds. The minimum atomic E-state index is -0.131. The first-order chi connectivity index (χ1) is 11.6. The van der Waals surface area contributed by atoms with E-state index in [4.69, 9.17) is 0 Å². The van der Waals surface area contributed by atoms with Crippen LogP contribution in [0.5, 0.6) is 0 Å². The number of benzene rings is 1. The van der Waals surface area contributed by atoms with E-state index in [9.17, 15) is 9.59 Å². The largest absolute Gasteiger partial charge is 0.348 e. The molecule has 24 heavy (non-hydrogen) atoms. The van der Waals surface area contributed by atoms with Gasteiger partial charge in [-0.3, -0.25) is 9.59 Å². The number of fused-ring (bicyclic) bond motifs is 1. The fraction of sp³-hybridized carbons (Fsp3) is 0.167. The van der Waals surface area contributed by atoms with Crippen molar-refractivity contribution in [3.8, 4) is 0 Å². The van der Waals surface area contributed by atoms with E-state index in [-0.39, 0.29) is 11.8 Å². The standard InChI is InChI=1S/C18H18N4O2/c1-21(2)18(24)15-12-20-22-9-8-13(10-16(15)22)11-19-17(23)14-6-4-3-5-7-14/h3-10,12H,11H2,1-2H3,(H,19,23). The molecule has 1 aromatic carbocycles. The van der Waals surface area contributed by atoms with Crippen molar-refractivity contribution in [2.24, 2.45) is 0 Å². The van der Waals surface area contributed by atoms with Crippen LogP contribution in [-0.4, -0.2) is 40.4 Å². The van der Waals surface area contributed by atoms with Crippen molar-refractivity contribution < 1.29 is 9.59 Å². The normalized spacial score (nSPS) is 10.6. The molecular weight excluding hydrogens is 304 g/mol. The van der Waals surface area contributed by atoms with E-state index in [2.05, 4.69) is 10.4 Å². The van der Waals surface area contributed by atoms with Crippen molar-refractivity contribution in [1.29, 1.82) is 0 Å². The molecule has 2 aromatic heterocycles. The van der Waals surface area contributed by atoms with Crippen molar-refractivity contribution in [3.63, 3.8) is 0 Å². The van der Waals surface area contributed by atoms with Gasteiger partial charge in [0.05, 0.1) is 17.3 Å². The third-order valence-corrected chi connectivity index (χ3v) is 3.71. The van der Waals surface area contributed by atoms with Gasteiger partial charge in [-0.15, -0.1) is 0 Å². The summed E-state index contributed by atoms with van der Waals surface area (Å²) in [4.78, 5) is 25.8. The number of carbonyl (C=O) groups is 2. The average molecular weight is 322 g/mol. The summed E-state index contributed by atoms with van der Waals surface area (Å²) >= 11 is 0. The fourth-order valence-electron chi connectivity index (χ4n) is 2.41. The Kier molecular flexibility index (Phi) is 4.29. The van der Waals surface area contributed by atoms with E-state index >= 15 is 0 Å². The molecular formula is C18H18N4O2. The van der Waals surface area contributed by atoms with E-state index in [1.807, 2.05) is 30.3 Å². The summed E-state index contributed by atoms with van der Waals surface area (Å²) in [6.45, 7) is 0.380. The molecule has 0 spiro atoms. The number of rotatable bonds is 4. The van der Waals surface area contributed by atoms with Gasteiger partial charge in [-0.1, -0.05) is 18.2 Å². The van der Waals surface area contributed by atoms with Crippen molar-refractivity contribution in [1.82, 2.24) is 19.8 Å². The lowest BCUT2D eigenvalue weighted by molar-refractivity contribution is 0.0829. The number of carbonyl (C=O) groups excluding carboxylic acids is 2. The first kappa shape index (κ1) is 15.7. The Morgan fingerprint density at radius 3 is 2.62 bits per heavy atom. The molecule has 3 rings (SSSR count). The summed E-state index contributed by atoms with van der Waals surface area (Å²) in [5.74, 6) is -0.232. The van der Waals surface area contributed by atoms with Gasteiger partial charge in [0, 0.05) is 32.4 Å². The zero-order valence-corrected chi connectivity index (χ0v) is 13.6. The van der Waals surface area contributed by atoms with Crippen LogP contribution >= 0.6 is 0 Å². The SMILES string of the molecule is CN(C)C(=O)c1cnn2ccc(CNC(=O)c3ccccc3)cc12. The molecule has 0 saturated carbocycles. The quantitative estimate of drug-likeness (QED) is 0.798. The van der Waals surface area contributed by atoms with Crippen LogP contribution in [-0.2, 0) is 6.54 Å². The number of aromatic nitrogens is 2. The third-order valence-electron chi connectivity index (χ3n) is 3.71. The number of pyridine rings is 1. The molecule has 3 aromatic rings. The topological polar surface area (TPSA) is 66.7 Å². The predicted molar refractivity (Wildman–Crippen MR) is 90.8 cm³/mol. The van der Waals surface area contributed by atoms with Gasteiger partial charge in [-0.25, -0.2) is 4.52 Å². The van der Waals surface area contributed by atoms with Crippen LogP contribution in [0, 0.1) is 0 Å². The van der Waals surface area contributed by atoms with Crippen LogP contribution in [0.3, 0.4) is 0 Å². The monoisotopic (exact) mass is 322 g/mol. The summed E-state index contributed by atoms with van der Waals surface area (Å²) in [5, 5.41) is 7.07. The number of hydrogen-bond donors (Lipinski definition) is 1. The highest BCUT2D eigenvalue weighted by molar-refractivity contribution is 6.00. The highest BCUT2D eigenvalue weighted by Crippen LogP contribution is 2.14. The summed E-state index contributed by atoms with van der Waals surface area (Å²) in [5.41, 5.74) is 2.78. The van der Waals surface area contributed by atoms with E-state index in [0.29, 0.717) is 17.7 Å². The zero-order chi connectivity index (χ0) is 17.1. The minimum Gasteiger partial charge on any atom is -0.348 e. The smallest absolute Gasteiger partial charge is 0.257 e. The van der Waals surface area contributed by atoms with Crippen molar-refractivity contribution in [2.75, 3.05) is 14.1 Å². The van der Waals surface area contributed by atoms with Gasteiger partial charge in [0.2, 0.25) is 0 Å². The van der Waals surface area contributed by atoms with Gasteiger partial charge < -0.3 is 10.2 Å². The molecule has 0 bridgehead atoms. The predicted octanol–water partition coefficient (Wildman–Crippen LogP) is 1.97. The molecule has 0 aliphatic carbocycles. The Balaban J connectivity index is 1.79. The molecule has 122 valence electrons. The zero-order valence-electron chi connectivity index (χ0n) is 13.6. The molecule has 0 radical (unpaired) electrons. The maximum Gasteiger partial charge on any atom is 0.257 e. The average Bonchev–Trinajstić information content (AvgIpc) is 3.02. The molecule has 0 aliphatic rings. The number of amides is 2. The van der Waals surface area contributed by atoms with Gasteiger partial charge in [-0.2, -0.15) is 5.10 Å². The third kappa shape index (κ3) is 3.12. The molecule has 6 heteroatoms. The van der Waals surface area contributed by atoms with Crippen LogP contribution in [0.4, 0.5) is 0 Å². The van der Waals surface area contributed by atoms with Crippen LogP contribution in [0.25, 0.3) is 5.52 Å². The van der Waals surface area contributed by atoms with E-state index in [1.165, 1.54) is 4.90 Å². The van der Waals surface area contributed by atoms with E-state index < -0.39 is 0 Å². The molecule has 0 saturated heterocycles. The Morgan fingerprint density at radius 2 is 1.92 bits per heavy atom. The van der Waals surface area contributed by atoms with Crippen molar-refractivity contribution in [3.05, 3.63) is 71.5 Å². The molecule has 0 fully saturated rings. The number of nitrogens with one attached hydrogen (secondary N) is 1. The molecule has 0 atom stereocenters. The summed E-state index contributed by atoms with van der Waals surface area (Å²) in [7, 11) is 3.41. The van der Waals surface area contributed by atoms with Crippen LogP contribution in [0.1, 0.15) is 26.3 Å². The highest BCUT2D eigenvalue weighted by Gasteiger charge is 2.15. The van der Waals surface area contributed by atoms with Crippen LogP contribution in [0.2, 0.25) is 0 Å². The van der Waals surface area contributed by atoms with Gasteiger partial charge in [0.1, 0.15) is 0 Å². The number of nitrogens with zero attached hydrogens (tertiary/aromatic N) is 3. The highest BCUT2D eigenvalue weighted by atomic mass is 16.2. The van der Waals surface area contributed by atoms with Gasteiger partial charge >= 0.3 is 0 Å². The van der Waals surface area contributed by atoms with E-state index in [0.717, 1.165) is 11.1 Å². The van der Waals surface area contributed by atoms with Gasteiger partial charge in [0.25, 0.3) is 11.8 Å². The number of hydrogen-bond acceptors (Lipinski definition) is 3. The van der Waals surface area contributed by atoms with E-state index in [1.54, 1.807) is 43.1 Å². The Morgan fingerprint density at radius 1 is 1.17 bits per heavy atom. The second-order valence-corrected chi connectivity index (χ2v) is 5.67. The van der Waals surface area contributed by atoms with Crippen LogP contribution in [0.15, 0.2) is 54.9 Å². The summed E-state index contributed by atoms with van der Waals surface area (Å²) < 4.78 is 1.65. The molecule has 6 nitrogen and oxygen atoms in total. The maximum absolute atomic E-state index is 12.2. The molecule has 0 unspecified atom stereocenters. The van der Waals surface area contributed by atoms with Crippen LogP contribution < -0.4 is 5.32 Å². The second kappa shape index (κ2) is 6.54. The molecule has 0 aliphatic heterocycles. The first-order valence-corrected chi connectivity index (χ1v) is 7.57. The summed E-state index contributed by atoms with van der Waals surface area (Å²) in [6.07, 6.45) is 3.34. The first-order valence-electron chi connectivity index (χ1n) is 7.57. The molecule has 1 N–H and O–H groups in total. The van der Waals surface area contributed by atoms with Gasteiger partial charge in [-0.05, 0) is 29.8 Å². The maximum atomic E-state index is 12.2. The Hall–Kier alpha value is -3.15. The van der Waals surface area contributed by atoms with Gasteiger partial charge in [0.15, 0.2) is 0 Å². The van der Waals surface area contributed by atoms with Crippen molar-refractivity contribution in [2.45, 2.75) is 6.54 Å². The fourth-order valence-corrected chi connectivity index (χ4v) is 2.41. The molecule has 2 heterocycles. The second-order valence-electron chi connectivity index (χ2n) is 5.67. The van der Waals surface area contributed by atoms with Crippen molar-refractivity contribution >= 4 is 17.3 Å². The lowest BCUT2D eigenvalue weighted by Crippen LogP contribution is -2.23. The Labute approximate surface area is 139 Å². The lowest BCUT2D eigenvalue weighted by Gasteiger charge is -2.09. The minimum absolute atomic E-state index is 0.101. The summed E-state index contributed by atoms with van der Waals surface area (Å²) in [6, 6.07) is 12.8. The Bertz CT molecular complexity index is 884.